The van der Waals surface area contributed by atoms with Crippen LogP contribution in [0.4, 0.5) is 10.1 Å². The molecule has 3 aliphatic rings. The number of halogens is 1. The lowest BCUT2D eigenvalue weighted by molar-refractivity contribution is -0.141. The molecule has 1 spiro atoms. The molecule has 2 aromatic rings. The number of anilines is 1. The van der Waals surface area contributed by atoms with Gasteiger partial charge in [0, 0.05) is 24.1 Å². The van der Waals surface area contributed by atoms with E-state index >= 15 is 0 Å². The van der Waals surface area contributed by atoms with Crippen molar-refractivity contribution in [1.82, 2.24) is 0 Å². The largest absolute Gasteiger partial charge is 0.462 e. The maximum absolute atomic E-state index is 13.6. The van der Waals surface area contributed by atoms with Crippen molar-refractivity contribution in [3.63, 3.8) is 0 Å². The van der Waals surface area contributed by atoms with Gasteiger partial charge < -0.3 is 20.5 Å². The van der Waals surface area contributed by atoms with E-state index in [2.05, 4.69) is 5.32 Å². The van der Waals surface area contributed by atoms with Gasteiger partial charge in [-0.2, -0.15) is 0 Å². The number of nitrogens with two attached hydrogens (primary N) is 1. The molecular formula is C25H21FN2O5. The number of esters is 1. The van der Waals surface area contributed by atoms with E-state index in [1.54, 1.807) is 43.3 Å². The molecule has 168 valence electrons. The van der Waals surface area contributed by atoms with Crippen LogP contribution >= 0.6 is 0 Å². The van der Waals surface area contributed by atoms with Crippen molar-refractivity contribution in [2.45, 2.75) is 31.1 Å². The lowest BCUT2D eigenvalue weighted by atomic mass is 9.63. The van der Waals surface area contributed by atoms with Gasteiger partial charge in [0.1, 0.15) is 22.6 Å². The number of rotatable bonds is 3. The SMILES string of the molecule is CCOC(=O)C1=C(N)OC2=C(C(=O)C[C@@H](c3ccc(F)cc3)C2)[C@]12C(=O)Nc1ccccc12. The number of Topliss-reactive ketones (excluding diaryl/α,β-unsaturated/α-hetero) is 1. The van der Waals surface area contributed by atoms with Crippen molar-refractivity contribution in [3.8, 4) is 0 Å². The van der Waals surface area contributed by atoms with Gasteiger partial charge in [-0.05, 0) is 36.6 Å². The summed E-state index contributed by atoms with van der Waals surface area (Å²) >= 11 is 0. The molecule has 0 fully saturated rings. The number of fused-ring (bicyclic) bond motifs is 3. The molecule has 0 radical (unpaired) electrons. The Bertz CT molecular complexity index is 1260. The minimum atomic E-state index is -1.76. The zero-order valence-corrected chi connectivity index (χ0v) is 17.8. The van der Waals surface area contributed by atoms with Crippen molar-refractivity contribution in [3.05, 3.63) is 88.3 Å². The van der Waals surface area contributed by atoms with Crippen LogP contribution in [-0.2, 0) is 29.3 Å². The van der Waals surface area contributed by atoms with E-state index in [-0.39, 0.29) is 59.8 Å². The second kappa shape index (κ2) is 7.58. The van der Waals surface area contributed by atoms with Gasteiger partial charge in [-0.25, -0.2) is 9.18 Å². The zero-order chi connectivity index (χ0) is 23.3. The fraction of sp³-hybridized carbons (Fsp3) is 0.240. The van der Waals surface area contributed by atoms with E-state index in [0.29, 0.717) is 11.3 Å². The summed E-state index contributed by atoms with van der Waals surface area (Å²) in [6, 6.07) is 12.8. The van der Waals surface area contributed by atoms with Crippen LogP contribution in [0.1, 0.15) is 36.8 Å². The van der Waals surface area contributed by atoms with Gasteiger partial charge in [-0.1, -0.05) is 30.3 Å². The highest BCUT2D eigenvalue weighted by atomic mass is 19.1. The lowest BCUT2D eigenvalue weighted by Gasteiger charge is -2.40. The maximum Gasteiger partial charge on any atom is 0.341 e. The van der Waals surface area contributed by atoms with Crippen molar-refractivity contribution < 1.29 is 28.2 Å². The van der Waals surface area contributed by atoms with Crippen molar-refractivity contribution >= 4 is 23.3 Å². The smallest absolute Gasteiger partial charge is 0.341 e. The third kappa shape index (κ3) is 2.97. The van der Waals surface area contributed by atoms with Crippen LogP contribution in [0.15, 0.2) is 71.3 Å². The Labute approximate surface area is 189 Å². The second-order valence-electron chi connectivity index (χ2n) is 8.19. The zero-order valence-electron chi connectivity index (χ0n) is 17.8. The Morgan fingerprint density at radius 1 is 1.18 bits per heavy atom. The Morgan fingerprint density at radius 3 is 2.64 bits per heavy atom. The summed E-state index contributed by atoms with van der Waals surface area (Å²) in [5.74, 6) is -2.41. The Hall–Kier alpha value is -3.94. The molecule has 0 saturated carbocycles. The fourth-order valence-electron chi connectivity index (χ4n) is 5.07. The van der Waals surface area contributed by atoms with E-state index in [1.807, 2.05) is 0 Å². The fourth-order valence-corrected chi connectivity index (χ4v) is 5.07. The van der Waals surface area contributed by atoms with Crippen molar-refractivity contribution in [2.24, 2.45) is 5.73 Å². The van der Waals surface area contributed by atoms with Crippen LogP contribution in [0, 0.1) is 5.82 Å². The number of allylic oxidation sites excluding steroid dienone is 1. The molecule has 2 heterocycles. The minimum absolute atomic E-state index is 0.0570. The normalized spacial score (nSPS) is 23.8. The number of nitrogens with one attached hydrogen (secondary N) is 1. The summed E-state index contributed by atoms with van der Waals surface area (Å²) < 4.78 is 24.4. The van der Waals surface area contributed by atoms with Gasteiger partial charge in [0.2, 0.25) is 11.8 Å². The lowest BCUT2D eigenvalue weighted by Crippen LogP contribution is -2.49. The summed E-state index contributed by atoms with van der Waals surface area (Å²) in [6.07, 6.45) is 0.335. The second-order valence-corrected chi connectivity index (χ2v) is 8.19. The molecule has 0 bridgehead atoms. The van der Waals surface area contributed by atoms with Crippen LogP contribution in [0.2, 0.25) is 0 Å². The number of hydrogen-bond acceptors (Lipinski definition) is 6. The highest BCUT2D eigenvalue weighted by Gasteiger charge is 2.62. The van der Waals surface area contributed by atoms with Gasteiger partial charge >= 0.3 is 5.97 Å². The summed E-state index contributed by atoms with van der Waals surface area (Å²) in [4.78, 5) is 40.2. The first-order chi connectivity index (χ1) is 15.9. The third-order valence-corrected chi connectivity index (χ3v) is 6.39. The molecule has 8 heteroatoms. The number of ether oxygens (including phenoxy) is 2. The summed E-state index contributed by atoms with van der Waals surface area (Å²) in [7, 11) is 0. The quantitative estimate of drug-likeness (QED) is 0.699. The molecule has 2 aromatic carbocycles. The molecule has 33 heavy (non-hydrogen) atoms. The number of amides is 1. The van der Waals surface area contributed by atoms with E-state index in [0.717, 1.165) is 5.56 Å². The third-order valence-electron chi connectivity index (χ3n) is 6.39. The molecular weight excluding hydrogens is 427 g/mol. The maximum atomic E-state index is 13.6. The molecule has 2 atom stereocenters. The first-order valence-corrected chi connectivity index (χ1v) is 10.7. The number of ketones is 1. The average Bonchev–Trinajstić information content (AvgIpc) is 3.06. The predicted octanol–water partition coefficient (Wildman–Crippen LogP) is 3.18. The average molecular weight is 448 g/mol. The van der Waals surface area contributed by atoms with Crippen molar-refractivity contribution in [2.75, 3.05) is 11.9 Å². The van der Waals surface area contributed by atoms with Crippen LogP contribution in [0.3, 0.4) is 0 Å². The standard InChI is InChI=1S/C25H21FN2O5/c1-2-32-23(30)21-22(27)33-19-12-14(13-7-9-15(26)10-8-13)11-18(29)20(19)25(21)16-5-3-4-6-17(16)28-24(25)31/h3-10,14H,2,11-12,27H2,1H3,(H,28,31)/t14-,25+/m1/s1. The highest BCUT2D eigenvalue weighted by Crippen LogP contribution is 2.55. The summed E-state index contributed by atoms with van der Waals surface area (Å²) in [5, 5.41) is 2.79. The number of carbonyl (C=O) groups excluding carboxylic acids is 3. The van der Waals surface area contributed by atoms with Crippen LogP contribution in [-0.4, -0.2) is 24.3 Å². The van der Waals surface area contributed by atoms with E-state index in [9.17, 15) is 18.8 Å². The van der Waals surface area contributed by atoms with Gasteiger partial charge in [-0.15, -0.1) is 0 Å². The monoisotopic (exact) mass is 448 g/mol. The molecule has 0 unspecified atom stereocenters. The number of carbonyl (C=O) groups is 3. The first-order valence-electron chi connectivity index (χ1n) is 10.7. The van der Waals surface area contributed by atoms with Gasteiger partial charge in [0.25, 0.3) is 0 Å². The molecule has 7 nitrogen and oxygen atoms in total. The minimum Gasteiger partial charge on any atom is -0.462 e. The van der Waals surface area contributed by atoms with Crippen LogP contribution in [0.25, 0.3) is 0 Å². The van der Waals surface area contributed by atoms with Crippen LogP contribution < -0.4 is 11.1 Å². The summed E-state index contributed by atoms with van der Waals surface area (Å²) in [5.41, 5.74) is 6.07. The topological polar surface area (TPSA) is 108 Å². The molecule has 1 amide bonds. The van der Waals surface area contributed by atoms with Gasteiger partial charge in [-0.3, -0.25) is 9.59 Å². The molecule has 1 aliphatic carbocycles. The van der Waals surface area contributed by atoms with E-state index in [1.165, 1.54) is 12.1 Å². The van der Waals surface area contributed by atoms with Crippen molar-refractivity contribution in [1.29, 1.82) is 0 Å². The molecule has 3 N–H and O–H groups in total. The molecule has 2 aliphatic heterocycles. The summed E-state index contributed by atoms with van der Waals surface area (Å²) in [6.45, 7) is 1.69. The highest BCUT2D eigenvalue weighted by molar-refractivity contribution is 6.22. The molecule has 0 aromatic heterocycles. The van der Waals surface area contributed by atoms with Crippen LogP contribution in [0.5, 0.6) is 0 Å². The Morgan fingerprint density at radius 2 is 1.91 bits per heavy atom. The van der Waals surface area contributed by atoms with E-state index < -0.39 is 17.3 Å². The molecule has 5 rings (SSSR count). The number of benzene rings is 2. The first kappa shape index (κ1) is 20.9. The Balaban J connectivity index is 1.71. The number of para-hydroxylation sites is 1. The molecule has 0 saturated heterocycles. The van der Waals surface area contributed by atoms with Gasteiger partial charge in [0.15, 0.2) is 5.78 Å². The Kier molecular flexibility index (Phi) is 4.81. The van der Waals surface area contributed by atoms with E-state index in [4.69, 9.17) is 15.2 Å². The number of hydrogen-bond donors (Lipinski definition) is 2. The predicted molar refractivity (Wildman–Crippen MR) is 116 cm³/mol. The van der Waals surface area contributed by atoms with Gasteiger partial charge in [0.05, 0.1) is 12.2 Å².